The topological polar surface area (TPSA) is 63.1 Å². The summed E-state index contributed by atoms with van der Waals surface area (Å²) < 4.78 is 14.6. The summed E-state index contributed by atoms with van der Waals surface area (Å²) in [6.07, 6.45) is 0. The third kappa shape index (κ3) is 4.85. The first-order valence-corrected chi connectivity index (χ1v) is 8.53. The van der Waals surface area contributed by atoms with E-state index in [9.17, 15) is 9.18 Å². The molecule has 25 heavy (non-hydrogen) atoms. The van der Waals surface area contributed by atoms with E-state index in [1.54, 1.807) is 19.1 Å². The fourth-order valence-electron chi connectivity index (χ4n) is 2.80. The molecule has 0 bridgehead atoms. The van der Waals surface area contributed by atoms with Gasteiger partial charge in [0.1, 0.15) is 11.6 Å². The standard InChI is InChI=1S/C18H26FN5O/c1-12(2)23(13(3)4)11-10-20-18(25)17-21-14(5)24(22-17)16-8-6-15(19)7-9-16/h6-9,12-13H,10-11H2,1-5H3,(H,20,25). The molecule has 0 unspecified atom stereocenters. The molecule has 1 aromatic heterocycles. The fourth-order valence-corrected chi connectivity index (χ4v) is 2.80. The van der Waals surface area contributed by atoms with Gasteiger partial charge >= 0.3 is 0 Å². The number of halogens is 1. The van der Waals surface area contributed by atoms with Gasteiger partial charge in [-0.15, -0.1) is 5.10 Å². The second kappa shape index (κ2) is 8.20. The number of carbonyl (C=O) groups excluding carboxylic acids is 1. The number of nitrogens with one attached hydrogen (secondary N) is 1. The molecule has 0 spiro atoms. The lowest BCUT2D eigenvalue weighted by Gasteiger charge is -2.30. The van der Waals surface area contributed by atoms with Gasteiger partial charge in [-0.05, 0) is 58.9 Å². The molecule has 0 aliphatic rings. The molecule has 0 saturated carbocycles. The van der Waals surface area contributed by atoms with Crippen LogP contribution in [0.15, 0.2) is 24.3 Å². The molecule has 2 rings (SSSR count). The normalized spacial score (nSPS) is 11.6. The summed E-state index contributed by atoms with van der Waals surface area (Å²) >= 11 is 0. The van der Waals surface area contributed by atoms with Crippen LogP contribution >= 0.6 is 0 Å². The largest absolute Gasteiger partial charge is 0.348 e. The molecule has 6 nitrogen and oxygen atoms in total. The molecule has 136 valence electrons. The number of amides is 1. The molecule has 1 N–H and O–H groups in total. The van der Waals surface area contributed by atoms with Crippen molar-refractivity contribution in [3.05, 3.63) is 41.7 Å². The zero-order valence-corrected chi connectivity index (χ0v) is 15.5. The first-order chi connectivity index (χ1) is 11.8. The Balaban J connectivity index is 2.01. The average molecular weight is 347 g/mol. The van der Waals surface area contributed by atoms with Crippen LogP contribution in [0, 0.1) is 12.7 Å². The van der Waals surface area contributed by atoms with Gasteiger partial charge in [-0.3, -0.25) is 9.69 Å². The van der Waals surface area contributed by atoms with Crippen molar-refractivity contribution >= 4 is 5.91 Å². The highest BCUT2D eigenvalue weighted by Crippen LogP contribution is 2.10. The highest BCUT2D eigenvalue weighted by Gasteiger charge is 2.17. The maximum absolute atomic E-state index is 13.0. The summed E-state index contributed by atoms with van der Waals surface area (Å²) in [7, 11) is 0. The van der Waals surface area contributed by atoms with Crippen molar-refractivity contribution in [1.82, 2.24) is 25.0 Å². The number of carbonyl (C=O) groups is 1. The van der Waals surface area contributed by atoms with Crippen molar-refractivity contribution in [3.63, 3.8) is 0 Å². The Hall–Kier alpha value is -2.28. The molecule has 0 aliphatic carbocycles. The lowest BCUT2D eigenvalue weighted by atomic mass is 10.2. The van der Waals surface area contributed by atoms with Crippen molar-refractivity contribution in [2.75, 3.05) is 13.1 Å². The Kier molecular flexibility index (Phi) is 6.25. The maximum atomic E-state index is 13.0. The van der Waals surface area contributed by atoms with Gasteiger partial charge in [0.2, 0.25) is 5.82 Å². The second-order valence-corrected chi connectivity index (χ2v) is 6.55. The summed E-state index contributed by atoms with van der Waals surface area (Å²) in [5, 5.41) is 7.10. The number of hydrogen-bond donors (Lipinski definition) is 1. The van der Waals surface area contributed by atoms with Crippen molar-refractivity contribution in [1.29, 1.82) is 0 Å². The summed E-state index contributed by atoms with van der Waals surface area (Å²) in [6.45, 7) is 11.6. The van der Waals surface area contributed by atoms with Crippen LogP contribution in [0.3, 0.4) is 0 Å². The lowest BCUT2D eigenvalue weighted by Crippen LogP contribution is -2.42. The van der Waals surface area contributed by atoms with Crippen LogP contribution in [0.4, 0.5) is 4.39 Å². The molecule has 0 saturated heterocycles. The van der Waals surface area contributed by atoms with Crippen molar-refractivity contribution in [2.24, 2.45) is 0 Å². The van der Waals surface area contributed by atoms with Crippen molar-refractivity contribution in [2.45, 2.75) is 46.7 Å². The van der Waals surface area contributed by atoms with Crippen LogP contribution in [-0.2, 0) is 0 Å². The number of aromatic nitrogens is 3. The molecule has 1 aromatic carbocycles. The van der Waals surface area contributed by atoms with E-state index in [1.165, 1.54) is 16.8 Å². The van der Waals surface area contributed by atoms with Gasteiger partial charge in [-0.25, -0.2) is 14.1 Å². The molecule has 1 amide bonds. The summed E-state index contributed by atoms with van der Waals surface area (Å²) in [6, 6.07) is 6.72. The van der Waals surface area contributed by atoms with Gasteiger partial charge in [0.15, 0.2) is 0 Å². The Bertz CT molecular complexity index is 701. The predicted octanol–water partition coefficient (Wildman–Crippen LogP) is 2.56. The SMILES string of the molecule is Cc1nc(C(=O)NCCN(C(C)C)C(C)C)nn1-c1ccc(F)cc1. The van der Waals surface area contributed by atoms with Crippen LogP contribution in [0.25, 0.3) is 5.69 Å². The van der Waals surface area contributed by atoms with Gasteiger partial charge in [0.25, 0.3) is 5.91 Å². The van der Waals surface area contributed by atoms with E-state index in [2.05, 4.69) is 48.0 Å². The quantitative estimate of drug-likeness (QED) is 0.836. The van der Waals surface area contributed by atoms with E-state index in [4.69, 9.17) is 0 Å². The number of nitrogens with zero attached hydrogens (tertiary/aromatic N) is 4. The molecular formula is C18H26FN5O. The average Bonchev–Trinajstić information content (AvgIpc) is 2.93. The van der Waals surface area contributed by atoms with Crippen LogP contribution in [0.2, 0.25) is 0 Å². The van der Waals surface area contributed by atoms with Crippen LogP contribution in [0.1, 0.15) is 44.1 Å². The van der Waals surface area contributed by atoms with E-state index in [0.29, 0.717) is 30.1 Å². The van der Waals surface area contributed by atoms with Gasteiger partial charge in [-0.2, -0.15) is 0 Å². The third-order valence-corrected chi connectivity index (χ3v) is 4.03. The molecule has 0 aliphatic heterocycles. The monoisotopic (exact) mass is 347 g/mol. The second-order valence-electron chi connectivity index (χ2n) is 6.55. The molecule has 1 heterocycles. The molecule has 0 atom stereocenters. The predicted molar refractivity (Wildman–Crippen MR) is 95.4 cm³/mol. The van der Waals surface area contributed by atoms with Gasteiger partial charge in [0.05, 0.1) is 5.69 Å². The summed E-state index contributed by atoms with van der Waals surface area (Å²) in [5.41, 5.74) is 0.663. The molecule has 7 heteroatoms. The molecule has 2 aromatic rings. The van der Waals surface area contributed by atoms with Gasteiger partial charge < -0.3 is 5.32 Å². The fraction of sp³-hybridized carbons (Fsp3) is 0.500. The minimum atomic E-state index is -0.320. The highest BCUT2D eigenvalue weighted by molar-refractivity contribution is 5.90. The number of hydrogen-bond acceptors (Lipinski definition) is 4. The minimum Gasteiger partial charge on any atom is -0.348 e. The number of benzene rings is 1. The van der Waals surface area contributed by atoms with Gasteiger partial charge in [-0.1, -0.05) is 0 Å². The summed E-state index contributed by atoms with van der Waals surface area (Å²) in [5.74, 6) is 0.0565. The van der Waals surface area contributed by atoms with E-state index in [-0.39, 0.29) is 17.5 Å². The van der Waals surface area contributed by atoms with E-state index in [0.717, 1.165) is 6.54 Å². The first kappa shape index (κ1) is 19.1. The van der Waals surface area contributed by atoms with Crippen LogP contribution in [-0.4, -0.2) is 50.7 Å². The van der Waals surface area contributed by atoms with Crippen LogP contribution in [0.5, 0.6) is 0 Å². The Morgan fingerprint density at radius 3 is 2.36 bits per heavy atom. The number of aryl methyl sites for hydroxylation is 1. The van der Waals surface area contributed by atoms with Crippen molar-refractivity contribution < 1.29 is 9.18 Å². The Morgan fingerprint density at radius 1 is 1.20 bits per heavy atom. The Labute approximate surface area is 148 Å². The Morgan fingerprint density at radius 2 is 1.80 bits per heavy atom. The van der Waals surface area contributed by atoms with Crippen molar-refractivity contribution in [3.8, 4) is 5.69 Å². The first-order valence-electron chi connectivity index (χ1n) is 8.53. The smallest absolute Gasteiger partial charge is 0.291 e. The van der Waals surface area contributed by atoms with E-state index in [1.807, 2.05) is 0 Å². The molecule has 0 radical (unpaired) electrons. The maximum Gasteiger partial charge on any atom is 0.291 e. The van der Waals surface area contributed by atoms with E-state index >= 15 is 0 Å². The van der Waals surface area contributed by atoms with Crippen LogP contribution < -0.4 is 5.32 Å². The molecular weight excluding hydrogens is 321 g/mol. The van der Waals surface area contributed by atoms with Gasteiger partial charge in [0, 0.05) is 25.2 Å². The third-order valence-electron chi connectivity index (χ3n) is 4.03. The lowest BCUT2D eigenvalue weighted by molar-refractivity contribution is 0.0929. The highest BCUT2D eigenvalue weighted by atomic mass is 19.1. The minimum absolute atomic E-state index is 0.113. The zero-order valence-electron chi connectivity index (χ0n) is 15.5. The zero-order chi connectivity index (χ0) is 18.6. The van der Waals surface area contributed by atoms with E-state index < -0.39 is 0 Å². The number of rotatable bonds is 7. The molecule has 0 fully saturated rings. The summed E-state index contributed by atoms with van der Waals surface area (Å²) in [4.78, 5) is 18.8.